The van der Waals surface area contributed by atoms with E-state index in [0.717, 1.165) is 12.8 Å². The molecule has 66 valence electrons. The Morgan fingerprint density at radius 3 is 2.62 bits per heavy atom. The summed E-state index contributed by atoms with van der Waals surface area (Å²) in [7, 11) is 0. The number of nitrogens with zero attached hydrogens (tertiary/aromatic N) is 1. The van der Waals surface area contributed by atoms with Crippen LogP contribution in [0.3, 0.4) is 0 Å². The fraction of sp³-hybridized carbons (Fsp3) is 0.300. The van der Waals surface area contributed by atoms with Gasteiger partial charge in [0, 0.05) is 5.56 Å². The Morgan fingerprint density at radius 1 is 1.38 bits per heavy atom. The molecule has 0 saturated heterocycles. The summed E-state index contributed by atoms with van der Waals surface area (Å²) in [5.41, 5.74) is -0.0778. The molecule has 2 rings (SSSR count). The normalized spacial score (nSPS) is 17.6. The maximum absolute atomic E-state index is 13.3. The minimum absolute atomic E-state index is 0.293. The van der Waals surface area contributed by atoms with Gasteiger partial charge in [0.15, 0.2) is 0 Å². The van der Waals surface area contributed by atoms with Crippen LogP contribution in [-0.4, -0.2) is 6.08 Å². The van der Waals surface area contributed by atoms with Crippen molar-refractivity contribution in [3.05, 3.63) is 35.6 Å². The van der Waals surface area contributed by atoms with E-state index in [9.17, 15) is 9.18 Å². The maximum atomic E-state index is 13.3. The molecule has 1 aliphatic rings. The van der Waals surface area contributed by atoms with Crippen molar-refractivity contribution < 1.29 is 9.18 Å². The van der Waals surface area contributed by atoms with E-state index in [-0.39, 0.29) is 5.82 Å². The van der Waals surface area contributed by atoms with E-state index in [1.165, 1.54) is 12.1 Å². The van der Waals surface area contributed by atoms with Crippen LogP contribution >= 0.6 is 0 Å². The number of aliphatic imine (C=N–C) groups is 1. The zero-order valence-corrected chi connectivity index (χ0v) is 6.96. The molecule has 2 nitrogen and oxygen atoms in total. The molecule has 1 aliphatic carbocycles. The first-order valence-corrected chi connectivity index (χ1v) is 4.12. The van der Waals surface area contributed by atoms with Crippen LogP contribution in [0.15, 0.2) is 29.3 Å². The van der Waals surface area contributed by atoms with Crippen molar-refractivity contribution in [1.29, 1.82) is 0 Å². The molecule has 0 unspecified atom stereocenters. The van der Waals surface area contributed by atoms with E-state index in [0.29, 0.717) is 5.56 Å². The minimum Gasteiger partial charge on any atom is -0.211 e. The summed E-state index contributed by atoms with van der Waals surface area (Å²) in [4.78, 5) is 13.8. The summed E-state index contributed by atoms with van der Waals surface area (Å²) < 4.78 is 13.3. The zero-order chi connectivity index (χ0) is 9.31. The van der Waals surface area contributed by atoms with Crippen molar-refractivity contribution >= 4 is 6.08 Å². The first kappa shape index (κ1) is 8.14. The molecule has 0 aliphatic heterocycles. The molecular weight excluding hydrogens is 169 g/mol. The molecule has 0 bridgehead atoms. The molecule has 1 aromatic rings. The lowest BCUT2D eigenvalue weighted by Crippen LogP contribution is -2.04. The molecule has 0 heterocycles. The van der Waals surface area contributed by atoms with E-state index >= 15 is 0 Å². The van der Waals surface area contributed by atoms with Crippen LogP contribution in [0.5, 0.6) is 0 Å². The molecule has 13 heavy (non-hydrogen) atoms. The molecule has 3 heteroatoms. The summed E-state index contributed by atoms with van der Waals surface area (Å²) in [6.07, 6.45) is 2.98. The second-order valence-corrected chi connectivity index (χ2v) is 3.21. The number of rotatable bonds is 2. The van der Waals surface area contributed by atoms with Crippen molar-refractivity contribution in [1.82, 2.24) is 0 Å². The summed E-state index contributed by atoms with van der Waals surface area (Å²) in [6.45, 7) is 0. The maximum Gasteiger partial charge on any atom is 0.235 e. The highest BCUT2D eigenvalue weighted by atomic mass is 19.1. The Morgan fingerprint density at radius 2 is 2.08 bits per heavy atom. The van der Waals surface area contributed by atoms with Gasteiger partial charge in [-0.2, -0.15) is 4.99 Å². The van der Waals surface area contributed by atoms with Crippen LogP contribution in [0.1, 0.15) is 18.4 Å². The second kappa shape index (κ2) is 2.79. The van der Waals surface area contributed by atoms with E-state index < -0.39 is 5.54 Å². The van der Waals surface area contributed by atoms with E-state index in [2.05, 4.69) is 4.99 Å². The number of isocyanates is 1. The van der Waals surface area contributed by atoms with Crippen LogP contribution in [0, 0.1) is 5.82 Å². The predicted molar refractivity (Wildman–Crippen MR) is 45.4 cm³/mol. The van der Waals surface area contributed by atoms with Crippen molar-refractivity contribution in [3.63, 3.8) is 0 Å². The molecular formula is C10H8FNO. The van der Waals surface area contributed by atoms with Gasteiger partial charge in [0.05, 0.1) is 0 Å². The Balaban J connectivity index is 2.46. The minimum atomic E-state index is -0.590. The third-order valence-electron chi connectivity index (χ3n) is 2.36. The number of hydrogen-bond acceptors (Lipinski definition) is 2. The molecule has 0 N–H and O–H groups in total. The molecule has 1 saturated carbocycles. The van der Waals surface area contributed by atoms with Crippen LogP contribution in [0.25, 0.3) is 0 Å². The lowest BCUT2D eigenvalue weighted by Gasteiger charge is -2.07. The molecule has 0 spiro atoms. The summed E-state index contributed by atoms with van der Waals surface area (Å²) >= 11 is 0. The van der Waals surface area contributed by atoms with Crippen LogP contribution in [-0.2, 0) is 10.3 Å². The number of carbonyl (C=O) groups excluding carboxylic acids is 1. The topological polar surface area (TPSA) is 29.4 Å². The lowest BCUT2D eigenvalue weighted by atomic mass is 10.1. The Labute approximate surface area is 75.1 Å². The van der Waals surface area contributed by atoms with Gasteiger partial charge in [-0.15, -0.1) is 0 Å². The predicted octanol–water partition coefficient (Wildman–Crippen LogP) is 2.15. The molecule has 0 radical (unpaired) electrons. The summed E-state index contributed by atoms with van der Waals surface area (Å²) in [5.74, 6) is -0.293. The third-order valence-corrected chi connectivity index (χ3v) is 2.36. The smallest absolute Gasteiger partial charge is 0.211 e. The number of benzene rings is 1. The number of hydrogen-bond donors (Lipinski definition) is 0. The molecule has 1 aromatic carbocycles. The second-order valence-electron chi connectivity index (χ2n) is 3.21. The average Bonchev–Trinajstić information content (AvgIpc) is 2.87. The van der Waals surface area contributed by atoms with Gasteiger partial charge >= 0.3 is 0 Å². The third kappa shape index (κ3) is 1.27. The van der Waals surface area contributed by atoms with Gasteiger partial charge in [-0.1, -0.05) is 18.2 Å². The van der Waals surface area contributed by atoms with E-state index in [4.69, 9.17) is 0 Å². The Hall–Kier alpha value is -1.47. The van der Waals surface area contributed by atoms with E-state index in [1.54, 1.807) is 18.2 Å². The molecule has 0 atom stereocenters. The van der Waals surface area contributed by atoms with Crippen LogP contribution in [0.2, 0.25) is 0 Å². The van der Waals surface area contributed by atoms with Crippen molar-refractivity contribution in [2.75, 3.05) is 0 Å². The van der Waals surface area contributed by atoms with E-state index in [1.807, 2.05) is 0 Å². The van der Waals surface area contributed by atoms with Gasteiger partial charge in [0.1, 0.15) is 11.4 Å². The standard InChI is InChI=1S/C10H8FNO/c11-9-4-2-1-3-8(9)10(5-6-10)12-7-13/h1-4H,5-6H2. The van der Waals surface area contributed by atoms with Gasteiger partial charge < -0.3 is 0 Å². The fourth-order valence-electron chi connectivity index (χ4n) is 1.49. The first-order chi connectivity index (χ1) is 6.28. The Kier molecular flexibility index (Phi) is 1.74. The van der Waals surface area contributed by atoms with Gasteiger partial charge in [-0.05, 0) is 18.9 Å². The van der Waals surface area contributed by atoms with Gasteiger partial charge in [-0.25, -0.2) is 9.18 Å². The average molecular weight is 177 g/mol. The van der Waals surface area contributed by atoms with Gasteiger partial charge in [0.25, 0.3) is 0 Å². The SMILES string of the molecule is O=C=NC1(c2ccccc2F)CC1. The summed E-state index contributed by atoms with van der Waals surface area (Å²) in [6, 6.07) is 6.43. The fourth-order valence-corrected chi connectivity index (χ4v) is 1.49. The summed E-state index contributed by atoms with van der Waals surface area (Å²) in [5, 5.41) is 0. The quantitative estimate of drug-likeness (QED) is 0.502. The highest BCUT2D eigenvalue weighted by Crippen LogP contribution is 2.49. The van der Waals surface area contributed by atoms with Crippen LogP contribution < -0.4 is 0 Å². The number of halogens is 1. The van der Waals surface area contributed by atoms with Crippen LogP contribution in [0.4, 0.5) is 4.39 Å². The lowest BCUT2D eigenvalue weighted by molar-refractivity contribution is 0.548. The monoisotopic (exact) mass is 177 g/mol. The van der Waals surface area contributed by atoms with Gasteiger partial charge in [0.2, 0.25) is 6.08 Å². The van der Waals surface area contributed by atoms with Gasteiger partial charge in [-0.3, -0.25) is 0 Å². The van der Waals surface area contributed by atoms with Crippen molar-refractivity contribution in [2.24, 2.45) is 4.99 Å². The molecule has 1 fully saturated rings. The zero-order valence-electron chi connectivity index (χ0n) is 6.96. The van der Waals surface area contributed by atoms with Crippen molar-refractivity contribution in [3.8, 4) is 0 Å². The molecule has 0 aromatic heterocycles. The Bertz CT molecular complexity index is 378. The van der Waals surface area contributed by atoms with Crippen molar-refractivity contribution in [2.45, 2.75) is 18.4 Å². The highest BCUT2D eigenvalue weighted by Gasteiger charge is 2.46. The largest absolute Gasteiger partial charge is 0.235 e. The first-order valence-electron chi connectivity index (χ1n) is 4.12. The molecule has 0 amide bonds. The highest BCUT2D eigenvalue weighted by molar-refractivity contribution is 5.41.